The first-order chi connectivity index (χ1) is 11.6. The molecule has 0 saturated heterocycles. The lowest BCUT2D eigenvalue weighted by Gasteiger charge is -2.18. The molecule has 0 heterocycles. The topological polar surface area (TPSA) is 26.0 Å². The molecule has 0 saturated carbocycles. The molecule has 2 aromatic rings. The van der Waals surface area contributed by atoms with Crippen LogP contribution in [0.4, 0.5) is 22.0 Å². The standard InChI is InChI=1S/C18H15ClF5N/c1-10-6-13(8-15(19)17(10)21)14(18(22,23)24)5-3-11-2-4-12(9-25)16(20)7-11/h2-8,14H,9,25H2,1H3/b5-3+. The second-order valence-electron chi connectivity index (χ2n) is 5.57. The third-order valence-corrected chi connectivity index (χ3v) is 4.00. The van der Waals surface area contributed by atoms with Gasteiger partial charge in [-0.25, -0.2) is 8.78 Å². The number of aryl methyl sites for hydroxylation is 1. The van der Waals surface area contributed by atoms with Crippen LogP contribution in [0.3, 0.4) is 0 Å². The predicted molar refractivity (Wildman–Crippen MR) is 88.3 cm³/mol. The van der Waals surface area contributed by atoms with E-state index in [1.807, 2.05) is 0 Å². The monoisotopic (exact) mass is 375 g/mol. The number of allylic oxidation sites excluding steroid dienone is 1. The van der Waals surface area contributed by atoms with Gasteiger partial charge in [-0.2, -0.15) is 13.2 Å². The molecule has 1 atom stereocenters. The first-order valence-corrected chi connectivity index (χ1v) is 7.70. The van der Waals surface area contributed by atoms with E-state index in [-0.39, 0.29) is 33.8 Å². The average molecular weight is 376 g/mol. The van der Waals surface area contributed by atoms with Crippen LogP contribution in [0.25, 0.3) is 6.08 Å². The fourth-order valence-electron chi connectivity index (χ4n) is 2.38. The van der Waals surface area contributed by atoms with Crippen molar-refractivity contribution in [2.24, 2.45) is 5.73 Å². The Balaban J connectivity index is 2.41. The summed E-state index contributed by atoms with van der Waals surface area (Å²) in [4.78, 5) is 0. The summed E-state index contributed by atoms with van der Waals surface area (Å²) < 4.78 is 67.4. The Labute approximate surface area is 146 Å². The van der Waals surface area contributed by atoms with Crippen molar-refractivity contribution in [1.29, 1.82) is 0 Å². The predicted octanol–water partition coefficient (Wildman–Crippen LogP) is 5.74. The number of nitrogens with two attached hydrogens (primary N) is 1. The lowest BCUT2D eigenvalue weighted by Crippen LogP contribution is -2.19. The molecule has 0 aliphatic carbocycles. The van der Waals surface area contributed by atoms with Crippen LogP contribution in [0.2, 0.25) is 5.02 Å². The summed E-state index contributed by atoms with van der Waals surface area (Å²) >= 11 is 5.66. The van der Waals surface area contributed by atoms with E-state index in [1.165, 1.54) is 19.1 Å². The Morgan fingerprint density at radius 2 is 1.84 bits per heavy atom. The zero-order chi connectivity index (χ0) is 18.8. The fraction of sp³-hybridized carbons (Fsp3) is 0.222. The van der Waals surface area contributed by atoms with Crippen molar-refractivity contribution in [3.63, 3.8) is 0 Å². The minimum atomic E-state index is -4.61. The fourth-order valence-corrected chi connectivity index (χ4v) is 2.66. The molecular formula is C18H15ClF5N. The maximum atomic E-state index is 13.7. The van der Waals surface area contributed by atoms with Gasteiger partial charge < -0.3 is 5.73 Å². The molecule has 2 N–H and O–H groups in total. The average Bonchev–Trinajstić information content (AvgIpc) is 2.51. The van der Waals surface area contributed by atoms with Crippen molar-refractivity contribution in [2.45, 2.75) is 25.6 Å². The zero-order valence-electron chi connectivity index (χ0n) is 13.2. The number of hydrogen-bond acceptors (Lipinski definition) is 1. The Kier molecular flexibility index (Phi) is 5.85. The highest BCUT2D eigenvalue weighted by Gasteiger charge is 2.39. The molecule has 25 heavy (non-hydrogen) atoms. The van der Waals surface area contributed by atoms with Gasteiger partial charge >= 0.3 is 6.18 Å². The third kappa shape index (κ3) is 4.58. The molecule has 0 amide bonds. The first-order valence-electron chi connectivity index (χ1n) is 7.32. The first kappa shape index (κ1) is 19.4. The van der Waals surface area contributed by atoms with Gasteiger partial charge in [-0.15, -0.1) is 0 Å². The molecule has 134 valence electrons. The SMILES string of the molecule is Cc1cc(C(/C=C/c2ccc(CN)c(F)c2)C(F)(F)F)cc(Cl)c1F. The van der Waals surface area contributed by atoms with Crippen molar-refractivity contribution in [3.8, 4) is 0 Å². The highest BCUT2D eigenvalue weighted by atomic mass is 35.5. The second-order valence-corrected chi connectivity index (χ2v) is 5.97. The summed E-state index contributed by atoms with van der Waals surface area (Å²) in [5.74, 6) is -3.34. The van der Waals surface area contributed by atoms with E-state index in [1.54, 1.807) is 0 Å². The van der Waals surface area contributed by atoms with Crippen molar-refractivity contribution >= 4 is 17.7 Å². The molecular weight excluding hydrogens is 361 g/mol. The molecule has 0 aromatic heterocycles. The third-order valence-electron chi connectivity index (χ3n) is 3.72. The van der Waals surface area contributed by atoms with E-state index in [2.05, 4.69) is 0 Å². The normalized spacial score (nSPS) is 13.4. The maximum absolute atomic E-state index is 13.7. The zero-order valence-corrected chi connectivity index (χ0v) is 13.9. The van der Waals surface area contributed by atoms with Crippen molar-refractivity contribution in [2.75, 3.05) is 0 Å². The van der Waals surface area contributed by atoms with Crippen LogP contribution in [0, 0.1) is 18.6 Å². The molecule has 1 unspecified atom stereocenters. The van der Waals surface area contributed by atoms with E-state index >= 15 is 0 Å². The van der Waals surface area contributed by atoms with Crippen LogP contribution in [0.5, 0.6) is 0 Å². The molecule has 0 spiro atoms. The molecule has 2 aromatic carbocycles. The lowest BCUT2D eigenvalue weighted by molar-refractivity contribution is -0.139. The number of rotatable bonds is 4. The Morgan fingerprint density at radius 3 is 2.36 bits per heavy atom. The molecule has 0 bridgehead atoms. The summed E-state index contributed by atoms with van der Waals surface area (Å²) in [6.07, 6.45) is -2.56. The lowest BCUT2D eigenvalue weighted by atomic mass is 9.95. The number of hydrogen-bond donors (Lipinski definition) is 1. The van der Waals surface area contributed by atoms with Crippen molar-refractivity contribution in [1.82, 2.24) is 0 Å². The van der Waals surface area contributed by atoms with Gasteiger partial charge in [0.1, 0.15) is 11.6 Å². The van der Waals surface area contributed by atoms with E-state index in [9.17, 15) is 22.0 Å². The molecule has 0 aliphatic rings. The van der Waals surface area contributed by atoms with Crippen LogP contribution in [0.15, 0.2) is 36.4 Å². The summed E-state index contributed by atoms with van der Waals surface area (Å²) in [6.45, 7) is 1.33. The van der Waals surface area contributed by atoms with Gasteiger partial charge in [0.15, 0.2) is 0 Å². The van der Waals surface area contributed by atoms with E-state index in [0.717, 1.165) is 30.4 Å². The highest BCUT2D eigenvalue weighted by molar-refractivity contribution is 6.30. The Bertz CT molecular complexity index is 776. The maximum Gasteiger partial charge on any atom is 0.399 e. The molecule has 0 radical (unpaired) electrons. The summed E-state index contributed by atoms with van der Waals surface area (Å²) in [5, 5.41) is -0.379. The second kappa shape index (κ2) is 7.54. The Hall–Kier alpha value is -1.92. The van der Waals surface area contributed by atoms with Gasteiger partial charge in [-0.1, -0.05) is 42.0 Å². The van der Waals surface area contributed by atoms with Crippen LogP contribution in [-0.4, -0.2) is 6.18 Å². The molecule has 2 rings (SSSR count). The summed E-state index contributed by atoms with van der Waals surface area (Å²) in [7, 11) is 0. The molecule has 0 aliphatic heterocycles. The number of benzene rings is 2. The minimum Gasteiger partial charge on any atom is -0.326 e. The molecule has 1 nitrogen and oxygen atoms in total. The van der Waals surface area contributed by atoms with Crippen LogP contribution < -0.4 is 5.73 Å². The quantitative estimate of drug-likeness (QED) is 0.677. The molecule has 0 fully saturated rings. The van der Waals surface area contributed by atoms with Crippen molar-refractivity contribution in [3.05, 3.63) is 75.3 Å². The van der Waals surface area contributed by atoms with Gasteiger partial charge in [0, 0.05) is 12.1 Å². The Morgan fingerprint density at radius 1 is 1.16 bits per heavy atom. The minimum absolute atomic E-state index is 0.00560. The summed E-state index contributed by atoms with van der Waals surface area (Å²) in [5.41, 5.74) is 5.70. The smallest absolute Gasteiger partial charge is 0.326 e. The van der Waals surface area contributed by atoms with Gasteiger partial charge in [-0.05, 0) is 35.7 Å². The number of alkyl halides is 3. The summed E-state index contributed by atoms with van der Waals surface area (Å²) in [6, 6.07) is 6.04. The molecule has 7 heteroatoms. The van der Waals surface area contributed by atoms with Crippen LogP contribution >= 0.6 is 11.6 Å². The van der Waals surface area contributed by atoms with E-state index in [4.69, 9.17) is 17.3 Å². The van der Waals surface area contributed by atoms with Gasteiger partial charge in [0.2, 0.25) is 0 Å². The van der Waals surface area contributed by atoms with Crippen LogP contribution in [0.1, 0.15) is 28.2 Å². The highest BCUT2D eigenvalue weighted by Crippen LogP contribution is 2.38. The van der Waals surface area contributed by atoms with Crippen LogP contribution in [-0.2, 0) is 6.54 Å². The van der Waals surface area contributed by atoms with E-state index < -0.39 is 23.7 Å². The van der Waals surface area contributed by atoms with Gasteiger partial charge in [-0.3, -0.25) is 0 Å². The van der Waals surface area contributed by atoms with Crippen molar-refractivity contribution < 1.29 is 22.0 Å². The number of halogens is 6. The van der Waals surface area contributed by atoms with Gasteiger partial charge in [0.25, 0.3) is 0 Å². The largest absolute Gasteiger partial charge is 0.399 e. The van der Waals surface area contributed by atoms with E-state index in [0.29, 0.717) is 0 Å². The van der Waals surface area contributed by atoms with Gasteiger partial charge in [0.05, 0.1) is 10.9 Å².